The maximum atomic E-state index is 4.53. The molecule has 1 aromatic rings. The highest BCUT2D eigenvalue weighted by Gasteiger charge is 2.28. The molecular formula is C11H19N3S2. The van der Waals surface area contributed by atoms with Crippen molar-refractivity contribution in [3.05, 3.63) is 17.7 Å². The summed E-state index contributed by atoms with van der Waals surface area (Å²) in [7, 11) is 1.96. The second-order valence-electron chi connectivity index (χ2n) is 3.93. The summed E-state index contributed by atoms with van der Waals surface area (Å²) in [4.78, 5) is 7.97. The molecular weight excluding hydrogens is 238 g/mol. The molecule has 1 saturated heterocycles. The Morgan fingerprint density at radius 2 is 2.31 bits per heavy atom. The molecule has 0 saturated carbocycles. The van der Waals surface area contributed by atoms with Crippen molar-refractivity contribution in [1.29, 1.82) is 0 Å². The first-order chi connectivity index (χ1) is 7.85. The first-order valence-corrected chi connectivity index (χ1v) is 7.86. The van der Waals surface area contributed by atoms with Crippen molar-refractivity contribution in [3.63, 3.8) is 0 Å². The van der Waals surface area contributed by atoms with Crippen molar-refractivity contribution in [2.75, 3.05) is 18.6 Å². The molecule has 2 heterocycles. The van der Waals surface area contributed by atoms with Crippen molar-refractivity contribution < 1.29 is 0 Å². The summed E-state index contributed by atoms with van der Waals surface area (Å²) in [5, 5.41) is 4.41. The van der Waals surface area contributed by atoms with Gasteiger partial charge in [-0.15, -0.1) is 11.8 Å². The van der Waals surface area contributed by atoms with Gasteiger partial charge in [0.1, 0.15) is 5.82 Å². The summed E-state index contributed by atoms with van der Waals surface area (Å²) in [6.45, 7) is 3.14. The van der Waals surface area contributed by atoms with Crippen LogP contribution in [0.4, 0.5) is 0 Å². The molecule has 1 aromatic heterocycles. The van der Waals surface area contributed by atoms with E-state index in [1.807, 2.05) is 25.0 Å². The van der Waals surface area contributed by atoms with Gasteiger partial charge in [-0.25, -0.2) is 4.98 Å². The molecule has 0 aliphatic carbocycles. The third-order valence-corrected chi connectivity index (χ3v) is 5.99. The fourth-order valence-corrected chi connectivity index (χ4v) is 4.98. The van der Waals surface area contributed by atoms with E-state index in [0.29, 0.717) is 10.5 Å². The average molecular weight is 257 g/mol. The van der Waals surface area contributed by atoms with Crippen LogP contribution in [0.15, 0.2) is 6.20 Å². The summed E-state index contributed by atoms with van der Waals surface area (Å²) < 4.78 is 0. The zero-order valence-electron chi connectivity index (χ0n) is 9.82. The van der Waals surface area contributed by atoms with E-state index in [-0.39, 0.29) is 0 Å². The summed E-state index contributed by atoms with van der Waals surface area (Å²) in [6.07, 6.45) is 3.18. The number of aromatic amines is 1. The molecule has 5 heteroatoms. The molecule has 3 nitrogen and oxygen atoms in total. The van der Waals surface area contributed by atoms with Crippen LogP contribution in [0.1, 0.15) is 30.1 Å². The summed E-state index contributed by atoms with van der Waals surface area (Å²) in [5.41, 5.74) is 1.18. The van der Waals surface area contributed by atoms with Crippen molar-refractivity contribution >= 4 is 23.5 Å². The van der Waals surface area contributed by atoms with Crippen molar-refractivity contribution in [3.8, 4) is 0 Å². The lowest BCUT2D eigenvalue weighted by Gasteiger charge is -2.28. The van der Waals surface area contributed by atoms with Crippen LogP contribution in [-0.2, 0) is 6.54 Å². The van der Waals surface area contributed by atoms with Crippen molar-refractivity contribution in [1.82, 2.24) is 15.3 Å². The van der Waals surface area contributed by atoms with Gasteiger partial charge in [-0.1, -0.05) is 6.92 Å². The summed E-state index contributed by atoms with van der Waals surface area (Å²) in [5.74, 6) is 3.69. The monoisotopic (exact) mass is 257 g/mol. The minimum absolute atomic E-state index is 0.550. The quantitative estimate of drug-likeness (QED) is 0.869. The maximum absolute atomic E-state index is 4.53. The molecule has 2 N–H and O–H groups in total. The predicted octanol–water partition coefficient (Wildman–Crippen LogP) is 2.43. The summed E-state index contributed by atoms with van der Waals surface area (Å²) >= 11 is 4.14. The predicted molar refractivity (Wildman–Crippen MR) is 73.1 cm³/mol. The maximum Gasteiger partial charge on any atom is 0.120 e. The van der Waals surface area contributed by atoms with E-state index in [2.05, 4.69) is 34.0 Å². The largest absolute Gasteiger partial charge is 0.344 e. The molecule has 1 aliphatic rings. The number of hydrogen-bond donors (Lipinski definition) is 2. The number of rotatable bonds is 4. The van der Waals surface area contributed by atoms with Gasteiger partial charge >= 0.3 is 0 Å². The SMILES string of the molecule is CCC1SCCSC1c1ncc(CNC)[nH]1. The number of imidazole rings is 1. The zero-order chi connectivity index (χ0) is 11.4. The Bertz CT molecular complexity index is 327. The molecule has 0 amide bonds. The number of thioether (sulfide) groups is 2. The Labute approximate surface area is 106 Å². The van der Waals surface area contributed by atoms with Crippen LogP contribution in [0, 0.1) is 0 Å². The highest BCUT2D eigenvalue weighted by molar-refractivity contribution is 8.06. The number of nitrogens with zero attached hydrogens (tertiary/aromatic N) is 1. The summed E-state index contributed by atoms with van der Waals surface area (Å²) in [6, 6.07) is 0. The molecule has 0 aromatic carbocycles. The van der Waals surface area contributed by atoms with Gasteiger partial charge in [0.25, 0.3) is 0 Å². The van der Waals surface area contributed by atoms with Crippen LogP contribution < -0.4 is 5.32 Å². The number of H-pyrrole nitrogens is 1. The lowest BCUT2D eigenvalue weighted by atomic mass is 10.2. The minimum Gasteiger partial charge on any atom is -0.344 e. The van der Waals surface area contributed by atoms with E-state index < -0.39 is 0 Å². The molecule has 2 unspecified atom stereocenters. The van der Waals surface area contributed by atoms with Crippen LogP contribution in [0.25, 0.3) is 0 Å². The Hall–Kier alpha value is -0.130. The first kappa shape index (κ1) is 12.3. The van der Waals surface area contributed by atoms with Gasteiger partial charge in [0, 0.05) is 35.2 Å². The topological polar surface area (TPSA) is 40.7 Å². The molecule has 0 radical (unpaired) electrons. The van der Waals surface area contributed by atoms with Crippen LogP contribution >= 0.6 is 23.5 Å². The Kier molecular flexibility index (Phi) is 4.61. The molecule has 2 atom stereocenters. The fraction of sp³-hybridized carbons (Fsp3) is 0.727. The molecule has 0 spiro atoms. The van der Waals surface area contributed by atoms with Crippen LogP contribution in [0.5, 0.6) is 0 Å². The van der Waals surface area contributed by atoms with Gasteiger partial charge in [0.2, 0.25) is 0 Å². The highest BCUT2D eigenvalue weighted by atomic mass is 32.2. The molecule has 0 bridgehead atoms. The van der Waals surface area contributed by atoms with Crippen LogP contribution in [-0.4, -0.2) is 33.8 Å². The Morgan fingerprint density at radius 1 is 1.50 bits per heavy atom. The standard InChI is InChI=1S/C11H19N3S2/c1-3-9-10(16-5-4-15-9)11-13-7-8(14-11)6-12-2/h7,9-10,12H,3-6H2,1-2H3,(H,13,14). The van der Waals surface area contributed by atoms with Gasteiger partial charge in [-0.3, -0.25) is 0 Å². The zero-order valence-corrected chi connectivity index (χ0v) is 11.5. The molecule has 2 rings (SSSR count). The Balaban J connectivity index is 2.08. The minimum atomic E-state index is 0.550. The molecule has 1 aliphatic heterocycles. The number of hydrogen-bond acceptors (Lipinski definition) is 4. The lowest BCUT2D eigenvalue weighted by molar-refractivity contribution is 0.748. The number of nitrogens with one attached hydrogen (secondary N) is 2. The third-order valence-electron chi connectivity index (χ3n) is 2.74. The van der Waals surface area contributed by atoms with Crippen LogP contribution in [0.2, 0.25) is 0 Å². The van der Waals surface area contributed by atoms with E-state index in [4.69, 9.17) is 0 Å². The second kappa shape index (κ2) is 5.98. The second-order valence-corrected chi connectivity index (χ2v) is 6.53. The highest BCUT2D eigenvalue weighted by Crippen LogP contribution is 2.42. The fourth-order valence-electron chi connectivity index (χ4n) is 1.96. The average Bonchev–Trinajstić information content (AvgIpc) is 2.78. The van der Waals surface area contributed by atoms with Gasteiger partial charge in [-0.05, 0) is 13.5 Å². The Morgan fingerprint density at radius 3 is 3.06 bits per heavy atom. The van der Waals surface area contributed by atoms with Crippen molar-refractivity contribution in [2.45, 2.75) is 30.4 Å². The molecule has 90 valence electrons. The van der Waals surface area contributed by atoms with Gasteiger partial charge < -0.3 is 10.3 Å². The molecule has 1 fully saturated rings. The van der Waals surface area contributed by atoms with E-state index in [0.717, 1.165) is 12.4 Å². The third kappa shape index (κ3) is 2.76. The smallest absolute Gasteiger partial charge is 0.120 e. The van der Waals surface area contributed by atoms with E-state index in [1.165, 1.54) is 23.6 Å². The van der Waals surface area contributed by atoms with Gasteiger partial charge in [-0.2, -0.15) is 11.8 Å². The van der Waals surface area contributed by atoms with Gasteiger partial charge in [0.15, 0.2) is 0 Å². The van der Waals surface area contributed by atoms with E-state index >= 15 is 0 Å². The van der Waals surface area contributed by atoms with Crippen molar-refractivity contribution in [2.24, 2.45) is 0 Å². The molecule has 16 heavy (non-hydrogen) atoms. The lowest BCUT2D eigenvalue weighted by Crippen LogP contribution is -2.19. The van der Waals surface area contributed by atoms with E-state index in [1.54, 1.807) is 0 Å². The van der Waals surface area contributed by atoms with Gasteiger partial charge in [0.05, 0.1) is 5.25 Å². The number of aromatic nitrogens is 2. The van der Waals surface area contributed by atoms with Crippen LogP contribution in [0.3, 0.4) is 0 Å². The first-order valence-electron chi connectivity index (χ1n) is 5.76. The normalized spacial score (nSPS) is 25.9. The van der Waals surface area contributed by atoms with E-state index in [9.17, 15) is 0 Å².